The second-order valence-electron chi connectivity index (χ2n) is 7.02. The van der Waals surface area contributed by atoms with E-state index in [1.54, 1.807) is 12.0 Å². The second kappa shape index (κ2) is 9.73. The minimum atomic E-state index is -0.0908. The number of rotatable bonds is 9. The van der Waals surface area contributed by atoms with E-state index in [2.05, 4.69) is 17.1 Å². The molecule has 0 aliphatic carbocycles. The summed E-state index contributed by atoms with van der Waals surface area (Å²) in [6.45, 7) is 1.63. The first-order chi connectivity index (χ1) is 14.7. The van der Waals surface area contributed by atoms with Gasteiger partial charge in [-0.05, 0) is 29.7 Å². The highest BCUT2D eigenvalue weighted by Crippen LogP contribution is 2.33. The van der Waals surface area contributed by atoms with Crippen LogP contribution in [0.3, 0.4) is 0 Å². The third kappa shape index (κ3) is 4.98. The van der Waals surface area contributed by atoms with E-state index in [9.17, 15) is 4.79 Å². The van der Waals surface area contributed by atoms with Crippen molar-refractivity contribution in [3.8, 4) is 11.5 Å². The fourth-order valence-corrected chi connectivity index (χ4v) is 4.07. The van der Waals surface area contributed by atoms with Gasteiger partial charge in [0.25, 0.3) is 5.91 Å². The van der Waals surface area contributed by atoms with Gasteiger partial charge >= 0.3 is 0 Å². The van der Waals surface area contributed by atoms with Crippen LogP contribution < -0.4 is 9.47 Å². The maximum absolute atomic E-state index is 13.1. The Bertz CT molecular complexity index is 990. The molecule has 1 aliphatic rings. The number of ether oxygens (including phenoxy) is 3. The topological polar surface area (TPSA) is 60.9 Å². The highest BCUT2D eigenvalue weighted by atomic mass is 32.1. The van der Waals surface area contributed by atoms with E-state index in [1.165, 1.54) is 16.9 Å². The number of thiazole rings is 1. The number of amides is 1. The minimum Gasteiger partial charge on any atom is -0.454 e. The molecule has 1 aromatic heterocycles. The van der Waals surface area contributed by atoms with Crippen molar-refractivity contribution in [3.63, 3.8) is 0 Å². The molecule has 7 heteroatoms. The highest BCUT2D eigenvalue weighted by molar-refractivity contribution is 7.09. The van der Waals surface area contributed by atoms with E-state index >= 15 is 0 Å². The van der Waals surface area contributed by atoms with E-state index in [1.807, 2.05) is 41.8 Å². The Morgan fingerprint density at radius 1 is 1.10 bits per heavy atom. The number of aromatic nitrogens is 1. The van der Waals surface area contributed by atoms with Gasteiger partial charge in [0.05, 0.1) is 11.6 Å². The van der Waals surface area contributed by atoms with Gasteiger partial charge in [-0.1, -0.05) is 36.4 Å². The molecule has 30 heavy (non-hydrogen) atoms. The molecule has 0 atom stereocenters. The summed E-state index contributed by atoms with van der Waals surface area (Å²) in [5.41, 5.74) is 2.73. The summed E-state index contributed by atoms with van der Waals surface area (Å²) in [6.07, 6.45) is 1.73. The Balaban J connectivity index is 1.43. The predicted octanol–water partition coefficient (Wildman–Crippen LogP) is 3.95. The normalized spacial score (nSPS) is 12.2. The molecule has 6 nitrogen and oxygen atoms in total. The van der Waals surface area contributed by atoms with Crippen LogP contribution in [0.15, 0.2) is 53.9 Å². The number of hydrogen-bond acceptors (Lipinski definition) is 6. The zero-order valence-electron chi connectivity index (χ0n) is 16.9. The number of carbonyl (C=O) groups excluding carboxylic acids is 1. The Labute approximate surface area is 180 Å². The van der Waals surface area contributed by atoms with Crippen molar-refractivity contribution in [1.82, 2.24) is 9.88 Å². The first-order valence-corrected chi connectivity index (χ1v) is 10.8. The number of hydrogen-bond donors (Lipinski definition) is 0. The van der Waals surface area contributed by atoms with Crippen molar-refractivity contribution < 1.29 is 19.0 Å². The Morgan fingerprint density at radius 3 is 2.77 bits per heavy atom. The molecule has 0 saturated carbocycles. The molecular formula is C23H24N2O4S. The summed E-state index contributed by atoms with van der Waals surface area (Å²) in [6, 6.07) is 16.1. The van der Waals surface area contributed by atoms with Crippen molar-refractivity contribution in [2.24, 2.45) is 0 Å². The third-order valence-electron chi connectivity index (χ3n) is 4.90. The van der Waals surface area contributed by atoms with Crippen molar-refractivity contribution in [1.29, 1.82) is 0 Å². The van der Waals surface area contributed by atoms with Gasteiger partial charge in [0.1, 0.15) is 5.69 Å². The monoisotopic (exact) mass is 424 g/mol. The average Bonchev–Trinajstić information content (AvgIpc) is 3.44. The third-order valence-corrected chi connectivity index (χ3v) is 5.81. The molecule has 3 aromatic rings. The lowest BCUT2D eigenvalue weighted by molar-refractivity contribution is 0.0675. The molecule has 1 amide bonds. The molecule has 0 spiro atoms. The quantitative estimate of drug-likeness (QED) is 0.521. The van der Waals surface area contributed by atoms with Crippen molar-refractivity contribution >= 4 is 17.2 Å². The average molecular weight is 425 g/mol. The molecule has 2 heterocycles. The van der Waals surface area contributed by atoms with Crippen molar-refractivity contribution in [2.75, 3.05) is 27.1 Å². The van der Waals surface area contributed by atoms with Crippen LogP contribution in [0.2, 0.25) is 0 Å². The molecule has 1 aliphatic heterocycles. The molecule has 0 N–H and O–H groups in total. The molecule has 2 aromatic carbocycles. The van der Waals surface area contributed by atoms with E-state index in [0.717, 1.165) is 29.2 Å². The Morgan fingerprint density at radius 2 is 1.93 bits per heavy atom. The van der Waals surface area contributed by atoms with E-state index < -0.39 is 0 Å². The summed E-state index contributed by atoms with van der Waals surface area (Å²) >= 11 is 1.53. The minimum absolute atomic E-state index is 0.0908. The largest absolute Gasteiger partial charge is 0.454 e. The molecular weight excluding hydrogens is 400 g/mol. The first-order valence-electron chi connectivity index (χ1n) is 9.88. The smallest absolute Gasteiger partial charge is 0.273 e. The van der Waals surface area contributed by atoms with Gasteiger partial charge in [0.2, 0.25) is 6.79 Å². The number of nitrogens with zero attached hydrogens (tertiary/aromatic N) is 2. The number of methoxy groups -OCH3 is 1. The highest BCUT2D eigenvalue weighted by Gasteiger charge is 2.21. The molecule has 4 rings (SSSR count). The summed E-state index contributed by atoms with van der Waals surface area (Å²) in [4.78, 5) is 19.5. The Hall–Kier alpha value is -2.90. The van der Waals surface area contributed by atoms with Crippen LogP contribution in [0.4, 0.5) is 0 Å². The standard InChI is InChI=1S/C23H24N2O4S/c1-27-12-11-25(14-18-7-9-20-21(13-18)29-16-28-20)23(26)19-15-30-22(24-19)10-8-17-5-3-2-4-6-17/h2-7,9,13,15H,8,10-12,14,16H2,1H3. The summed E-state index contributed by atoms with van der Waals surface area (Å²) in [5.74, 6) is 1.35. The van der Waals surface area contributed by atoms with Gasteiger partial charge in [0, 0.05) is 32.0 Å². The van der Waals surface area contributed by atoms with Gasteiger partial charge in [-0.15, -0.1) is 11.3 Å². The lowest BCUT2D eigenvalue weighted by atomic mass is 10.1. The number of carbonyl (C=O) groups is 1. The van der Waals surface area contributed by atoms with Gasteiger partial charge in [-0.3, -0.25) is 4.79 Å². The van der Waals surface area contributed by atoms with Crippen LogP contribution in [0.1, 0.15) is 26.6 Å². The van der Waals surface area contributed by atoms with Gasteiger partial charge in [0.15, 0.2) is 11.5 Å². The maximum Gasteiger partial charge on any atom is 0.273 e. The summed E-state index contributed by atoms with van der Waals surface area (Å²) in [7, 11) is 1.63. The molecule has 0 fully saturated rings. The number of benzene rings is 2. The van der Waals surface area contributed by atoms with E-state index in [0.29, 0.717) is 31.1 Å². The maximum atomic E-state index is 13.1. The molecule has 0 unspecified atom stereocenters. The fourth-order valence-electron chi connectivity index (χ4n) is 3.30. The molecule has 156 valence electrons. The fraction of sp³-hybridized carbons (Fsp3) is 0.304. The molecule has 0 bridgehead atoms. The zero-order valence-corrected chi connectivity index (χ0v) is 17.7. The predicted molar refractivity (Wildman–Crippen MR) is 115 cm³/mol. The molecule has 0 saturated heterocycles. The second-order valence-corrected chi connectivity index (χ2v) is 7.96. The zero-order chi connectivity index (χ0) is 20.8. The summed E-state index contributed by atoms with van der Waals surface area (Å²) < 4.78 is 16.0. The SMILES string of the molecule is COCCN(Cc1ccc2c(c1)OCO2)C(=O)c1csc(CCc2ccccc2)n1. The van der Waals surface area contributed by atoms with Crippen molar-refractivity contribution in [2.45, 2.75) is 19.4 Å². The summed E-state index contributed by atoms with van der Waals surface area (Å²) in [5, 5.41) is 2.82. The lowest BCUT2D eigenvalue weighted by Gasteiger charge is -2.21. The molecule has 0 radical (unpaired) electrons. The van der Waals surface area contributed by atoms with Crippen LogP contribution in [0.5, 0.6) is 11.5 Å². The lowest BCUT2D eigenvalue weighted by Crippen LogP contribution is -2.33. The first kappa shape index (κ1) is 20.4. The Kier molecular flexibility index (Phi) is 6.61. The van der Waals surface area contributed by atoms with Crippen LogP contribution in [-0.2, 0) is 24.1 Å². The van der Waals surface area contributed by atoms with Crippen LogP contribution in [-0.4, -0.2) is 42.8 Å². The van der Waals surface area contributed by atoms with E-state index in [4.69, 9.17) is 14.2 Å². The van der Waals surface area contributed by atoms with Crippen molar-refractivity contribution in [3.05, 3.63) is 75.7 Å². The number of aryl methyl sites for hydroxylation is 2. The number of fused-ring (bicyclic) bond motifs is 1. The van der Waals surface area contributed by atoms with Gasteiger partial charge in [-0.2, -0.15) is 0 Å². The van der Waals surface area contributed by atoms with Crippen LogP contribution in [0.25, 0.3) is 0 Å². The van der Waals surface area contributed by atoms with Crippen LogP contribution >= 0.6 is 11.3 Å². The van der Waals surface area contributed by atoms with Gasteiger partial charge in [-0.25, -0.2) is 4.98 Å². The van der Waals surface area contributed by atoms with E-state index in [-0.39, 0.29) is 12.7 Å². The van der Waals surface area contributed by atoms with Crippen LogP contribution in [0, 0.1) is 0 Å². The van der Waals surface area contributed by atoms with Gasteiger partial charge < -0.3 is 19.1 Å².